The molecule has 1 N–H and O–H groups in total. The van der Waals surface area contributed by atoms with Crippen LogP contribution in [0.1, 0.15) is 31.9 Å². The number of anilines is 1. The summed E-state index contributed by atoms with van der Waals surface area (Å²) >= 11 is 12.2. The Kier molecular flexibility index (Phi) is 12.7. The molecule has 0 heterocycles. The summed E-state index contributed by atoms with van der Waals surface area (Å²) in [4.78, 5) is 29.9. The molecule has 0 spiro atoms. The number of carbonyl (C=O) groups is 2. The van der Waals surface area contributed by atoms with Crippen LogP contribution in [0, 0.1) is 5.92 Å². The number of nitrogens with zero attached hydrogens (tertiary/aromatic N) is 2. The Bertz CT molecular complexity index is 1730. The van der Waals surface area contributed by atoms with E-state index in [9.17, 15) is 18.0 Å². The van der Waals surface area contributed by atoms with Crippen molar-refractivity contribution in [3.05, 3.63) is 124 Å². The lowest BCUT2D eigenvalue weighted by atomic mass is 10.0. The molecule has 0 saturated heterocycles. The molecule has 1 atom stereocenters. The van der Waals surface area contributed by atoms with Crippen LogP contribution in [0.15, 0.2) is 108 Å². The zero-order valence-corrected chi connectivity index (χ0v) is 28.9. The Hall–Kier alpha value is -4.05. The number of carbonyl (C=O) groups excluding carboxylic acids is 2. The summed E-state index contributed by atoms with van der Waals surface area (Å²) in [5.41, 5.74) is 1.76. The van der Waals surface area contributed by atoms with Gasteiger partial charge in [0.1, 0.15) is 18.3 Å². The van der Waals surface area contributed by atoms with E-state index in [-0.39, 0.29) is 42.0 Å². The number of nitrogens with one attached hydrogen (secondary N) is 1. The van der Waals surface area contributed by atoms with Crippen molar-refractivity contribution in [1.82, 2.24) is 10.2 Å². The Balaban J connectivity index is 1.83. The van der Waals surface area contributed by atoms with E-state index in [2.05, 4.69) is 5.32 Å². The van der Waals surface area contributed by atoms with Gasteiger partial charge in [0, 0.05) is 29.6 Å². The molecule has 11 heteroatoms. The first-order valence-electron chi connectivity index (χ1n) is 15.3. The number of hydrogen-bond donors (Lipinski definition) is 1. The fraction of sp³-hybridized carbons (Fsp3) is 0.278. The highest BCUT2D eigenvalue weighted by atomic mass is 35.5. The van der Waals surface area contributed by atoms with E-state index in [0.29, 0.717) is 22.3 Å². The lowest BCUT2D eigenvalue weighted by Crippen LogP contribution is -2.53. The largest absolute Gasteiger partial charge is 0.492 e. The molecule has 0 aliphatic rings. The van der Waals surface area contributed by atoms with Gasteiger partial charge in [0.05, 0.1) is 17.2 Å². The van der Waals surface area contributed by atoms with Gasteiger partial charge in [0.15, 0.2) is 0 Å². The Morgan fingerprint density at radius 1 is 0.809 bits per heavy atom. The molecule has 47 heavy (non-hydrogen) atoms. The SMILES string of the molecule is CCOc1ccccc1N(CC(=O)N(Cc1ccc(Cl)cc1)[C@H](Cc1ccccc1)C(=O)NCC(C)C)S(=O)(=O)c1ccc(Cl)cc1. The summed E-state index contributed by atoms with van der Waals surface area (Å²) in [5, 5.41) is 3.88. The van der Waals surface area contributed by atoms with E-state index in [1.54, 1.807) is 55.5 Å². The van der Waals surface area contributed by atoms with Gasteiger partial charge >= 0.3 is 0 Å². The van der Waals surface area contributed by atoms with E-state index < -0.39 is 28.5 Å². The molecule has 0 aromatic heterocycles. The van der Waals surface area contributed by atoms with Gasteiger partial charge in [0.2, 0.25) is 11.8 Å². The van der Waals surface area contributed by atoms with Crippen LogP contribution in [0.3, 0.4) is 0 Å². The molecular weight excluding hydrogens is 657 g/mol. The van der Waals surface area contributed by atoms with Crippen LogP contribution < -0.4 is 14.4 Å². The number of para-hydroxylation sites is 2. The van der Waals surface area contributed by atoms with Gasteiger partial charge in [-0.05, 0) is 72.5 Å². The molecule has 0 bridgehead atoms. The van der Waals surface area contributed by atoms with Crippen molar-refractivity contribution in [3.63, 3.8) is 0 Å². The van der Waals surface area contributed by atoms with Crippen LogP contribution in [0.4, 0.5) is 5.69 Å². The van der Waals surface area contributed by atoms with Gasteiger partial charge < -0.3 is 15.0 Å². The van der Waals surface area contributed by atoms with E-state index in [1.807, 2.05) is 44.2 Å². The van der Waals surface area contributed by atoms with Crippen LogP contribution in [0.25, 0.3) is 0 Å². The second-order valence-corrected chi connectivity index (χ2v) is 14.1. The fourth-order valence-electron chi connectivity index (χ4n) is 4.95. The predicted molar refractivity (Wildman–Crippen MR) is 187 cm³/mol. The van der Waals surface area contributed by atoms with Crippen LogP contribution >= 0.6 is 23.2 Å². The lowest BCUT2D eigenvalue weighted by molar-refractivity contribution is -0.140. The van der Waals surface area contributed by atoms with Gasteiger partial charge in [0.25, 0.3) is 10.0 Å². The van der Waals surface area contributed by atoms with Crippen LogP contribution in [-0.2, 0) is 32.6 Å². The standard InChI is InChI=1S/C36H39Cl2N3O5S/c1-4-46-34-13-9-8-12-32(34)41(47(44,45)31-20-18-30(38)19-21-31)25-35(42)40(24-28-14-16-29(37)17-15-28)33(36(43)39-23-26(2)3)22-27-10-6-5-7-11-27/h5-21,26,33H,4,22-25H2,1-3H3,(H,39,43)/t33-/m1/s1. The molecule has 0 fully saturated rings. The van der Waals surface area contributed by atoms with Crippen LogP contribution in [0.5, 0.6) is 5.75 Å². The predicted octanol–water partition coefficient (Wildman–Crippen LogP) is 7.00. The summed E-state index contributed by atoms with van der Waals surface area (Å²) in [6.45, 7) is 5.87. The minimum Gasteiger partial charge on any atom is -0.492 e. The molecule has 2 amide bonds. The topological polar surface area (TPSA) is 96.0 Å². The number of ether oxygens (including phenoxy) is 1. The van der Waals surface area contributed by atoms with E-state index >= 15 is 0 Å². The van der Waals surface area contributed by atoms with Gasteiger partial charge in [-0.15, -0.1) is 0 Å². The van der Waals surface area contributed by atoms with Gasteiger partial charge in [-0.1, -0.05) is 91.6 Å². The third-order valence-electron chi connectivity index (χ3n) is 7.34. The first kappa shape index (κ1) is 35.8. The monoisotopic (exact) mass is 695 g/mol. The quantitative estimate of drug-likeness (QED) is 0.145. The van der Waals surface area contributed by atoms with Crippen LogP contribution in [-0.4, -0.2) is 50.9 Å². The Morgan fingerprint density at radius 3 is 2.02 bits per heavy atom. The molecule has 0 radical (unpaired) electrons. The van der Waals surface area contributed by atoms with Crippen molar-refractivity contribution in [1.29, 1.82) is 0 Å². The minimum absolute atomic E-state index is 0.0323. The zero-order chi connectivity index (χ0) is 34.0. The average molecular weight is 697 g/mol. The highest BCUT2D eigenvalue weighted by Gasteiger charge is 2.35. The summed E-state index contributed by atoms with van der Waals surface area (Å²) in [7, 11) is -4.32. The molecule has 0 unspecified atom stereocenters. The molecule has 8 nitrogen and oxygen atoms in total. The number of amides is 2. The maximum Gasteiger partial charge on any atom is 0.264 e. The van der Waals surface area contributed by atoms with Gasteiger partial charge in [-0.3, -0.25) is 13.9 Å². The van der Waals surface area contributed by atoms with E-state index in [4.69, 9.17) is 27.9 Å². The van der Waals surface area contributed by atoms with E-state index in [1.165, 1.54) is 29.2 Å². The highest BCUT2D eigenvalue weighted by Crippen LogP contribution is 2.33. The molecule has 0 aliphatic carbocycles. The molecule has 4 aromatic rings. The molecule has 0 aliphatic heterocycles. The maximum absolute atomic E-state index is 14.6. The number of benzene rings is 4. The molecule has 248 valence electrons. The van der Waals surface area contributed by atoms with Crippen molar-refractivity contribution in [2.45, 2.75) is 44.7 Å². The van der Waals surface area contributed by atoms with Crippen LogP contribution in [0.2, 0.25) is 10.0 Å². The second-order valence-electron chi connectivity index (χ2n) is 11.4. The molecule has 4 aromatic carbocycles. The first-order chi connectivity index (χ1) is 22.5. The fourth-order valence-corrected chi connectivity index (χ4v) is 6.63. The van der Waals surface area contributed by atoms with Crippen molar-refractivity contribution < 1.29 is 22.7 Å². The summed E-state index contributed by atoms with van der Waals surface area (Å²) in [5.74, 6) is -0.456. The highest BCUT2D eigenvalue weighted by molar-refractivity contribution is 7.92. The van der Waals surface area contributed by atoms with Crippen molar-refractivity contribution in [3.8, 4) is 5.75 Å². The lowest BCUT2D eigenvalue weighted by Gasteiger charge is -2.34. The van der Waals surface area contributed by atoms with Gasteiger partial charge in [-0.2, -0.15) is 0 Å². The average Bonchev–Trinajstić information content (AvgIpc) is 3.06. The van der Waals surface area contributed by atoms with Gasteiger partial charge in [-0.25, -0.2) is 8.42 Å². The summed E-state index contributed by atoms with van der Waals surface area (Å²) in [6.07, 6.45) is 0.212. The normalized spacial score (nSPS) is 12.0. The smallest absolute Gasteiger partial charge is 0.264 e. The van der Waals surface area contributed by atoms with Crippen molar-refractivity contribution >= 4 is 50.7 Å². The third kappa shape index (κ3) is 9.73. The summed E-state index contributed by atoms with van der Waals surface area (Å²) < 4.78 is 35.4. The molecular formula is C36H39Cl2N3O5S. The number of rotatable bonds is 15. The second kappa shape index (κ2) is 16.7. The Labute approximate surface area is 287 Å². The summed E-state index contributed by atoms with van der Waals surface area (Å²) in [6, 6.07) is 27.8. The first-order valence-corrected chi connectivity index (χ1v) is 17.5. The number of halogens is 2. The Morgan fingerprint density at radius 2 is 1.40 bits per heavy atom. The molecule has 4 rings (SSSR count). The number of hydrogen-bond acceptors (Lipinski definition) is 5. The van der Waals surface area contributed by atoms with Crippen molar-refractivity contribution in [2.24, 2.45) is 5.92 Å². The minimum atomic E-state index is -4.32. The maximum atomic E-state index is 14.6. The number of sulfonamides is 1. The molecule has 0 saturated carbocycles. The zero-order valence-electron chi connectivity index (χ0n) is 26.6. The van der Waals surface area contributed by atoms with Crippen molar-refractivity contribution in [2.75, 3.05) is 24.0 Å². The van der Waals surface area contributed by atoms with E-state index in [0.717, 1.165) is 15.4 Å². The third-order valence-corrected chi connectivity index (χ3v) is 9.61.